The van der Waals surface area contributed by atoms with Gasteiger partial charge in [0.25, 0.3) is 6.71 Å². The summed E-state index contributed by atoms with van der Waals surface area (Å²) < 4.78 is 7.45. The number of para-hydroxylation sites is 8. The fourth-order valence-electron chi connectivity index (χ4n) is 18.7. The van der Waals surface area contributed by atoms with Crippen LogP contribution < -0.4 is 31.1 Å². The Balaban J connectivity index is 0.900. The zero-order valence-corrected chi connectivity index (χ0v) is 62.9. The lowest BCUT2D eigenvalue weighted by molar-refractivity contribution is 0.591. The molecular formula is C106H75BN6. The van der Waals surface area contributed by atoms with Crippen molar-refractivity contribution in [2.24, 2.45) is 0 Å². The van der Waals surface area contributed by atoms with Crippen LogP contribution in [-0.2, 0) is 5.41 Å². The van der Waals surface area contributed by atoms with Crippen LogP contribution in [0.25, 0.3) is 127 Å². The van der Waals surface area contributed by atoms with Gasteiger partial charge in [0.05, 0.1) is 50.2 Å². The molecule has 20 aromatic rings. The average molecular weight is 1440 g/mol. The molecule has 532 valence electrons. The summed E-state index contributed by atoms with van der Waals surface area (Å²) in [4.78, 5) is 7.87. The standard InChI is InChI=1S/C106H75BN6/c1-106(2,3)74-64-89(72-36-13-6-14-37-72)105(90(65-74)73-38-15-7-16-39-73)113-100-67-79(110-95-52-27-21-44-85(95)86-45-22-28-53-96(86)110)61-63-92(100)107-91-62-60-78(108(75-40-17-8-18-41-75)76-56-58-77(59-57-76)109-93-50-25-19-42-83(93)84-43-20-26-51-94(84)109)66-99(91)112(104-81(70-32-9-4-10-33-70)48-31-49-82(104)71-34-11-5-12-35-71)101-68-80(69-102(113)103(101)107)111-97-54-29-23-46-87(97)88-47-24-30-55-98(88)111/h4-69H,1-3H3. The number of benzene rings is 17. The van der Waals surface area contributed by atoms with Gasteiger partial charge in [0, 0.05) is 106 Å². The van der Waals surface area contributed by atoms with E-state index in [1.165, 1.54) is 65.3 Å². The van der Waals surface area contributed by atoms with E-state index < -0.39 is 0 Å². The fraction of sp³-hybridized carbons (Fsp3) is 0.0377. The Morgan fingerprint density at radius 1 is 0.239 bits per heavy atom. The molecule has 0 saturated heterocycles. The van der Waals surface area contributed by atoms with Gasteiger partial charge in [-0.25, -0.2) is 0 Å². The van der Waals surface area contributed by atoms with E-state index in [0.717, 1.165) is 135 Å². The van der Waals surface area contributed by atoms with E-state index in [1.54, 1.807) is 0 Å². The average Bonchev–Trinajstić information content (AvgIpc) is 0.890. The third-order valence-corrected chi connectivity index (χ3v) is 23.7. The third-order valence-electron chi connectivity index (χ3n) is 23.7. The van der Waals surface area contributed by atoms with Crippen LogP contribution >= 0.6 is 0 Å². The van der Waals surface area contributed by atoms with Crippen molar-refractivity contribution in [3.63, 3.8) is 0 Å². The van der Waals surface area contributed by atoms with Crippen molar-refractivity contribution in [1.29, 1.82) is 0 Å². The quantitative estimate of drug-likeness (QED) is 0.114. The lowest BCUT2D eigenvalue weighted by Crippen LogP contribution is -2.61. The molecule has 0 amide bonds. The highest BCUT2D eigenvalue weighted by Crippen LogP contribution is 2.56. The highest BCUT2D eigenvalue weighted by atomic mass is 15.2. The van der Waals surface area contributed by atoms with Crippen molar-refractivity contribution >= 4 is 140 Å². The predicted molar refractivity (Wildman–Crippen MR) is 479 cm³/mol. The number of hydrogen-bond donors (Lipinski definition) is 0. The maximum Gasteiger partial charge on any atom is 0.252 e. The smallest absolute Gasteiger partial charge is 0.252 e. The SMILES string of the molecule is CC(C)(C)c1cc(-c2ccccc2)c(N2c3cc(-n4c5ccccc5c5ccccc54)ccc3B3c4ccc(N(c5ccccc5)c5ccc(-n6c7ccccc7c7ccccc76)cc5)cc4N(c4c(-c5ccccc5)cccc4-c4ccccc4)c4cc(-n5c6ccccc6c6ccccc65)cc2c43)c(-c2ccccc2)c1. The Hall–Kier alpha value is -14.4. The molecule has 0 aliphatic carbocycles. The van der Waals surface area contributed by atoms with Crippen LogP contribution in [0.3, 0.4) is 0 Å². The molecular weight excluding hydrogens is 1370 g/mol. The maximum atomic E-state index is 2.72. The van der Waals surface area contributed by atoms with Crippen LogP contribution in [0.5, 0.6) is 0 Å². The second kappa shape index (κ2) is 26.2. The molecule has 0 fully saturated rings. The summed E-state index contributed by atoms with van der Waals surface area (Å²) >= 11 is 0. The van der Waals surface area contributed by atoms with Gasteiger partial charge in [-0.05, 0) is 171 Å². The summed E-state index contributed by atoms with van der Waals surface area (Å²) in [6, 6.07) is 150. The first-order valence-corrected chi connectivity index (χ1v) is 39.3. The number of fused-ring (bicyclic) bond motifs is 13. The first-order chi connectivity index (χ1) is 55.8. The molecule has 0 N–H and O–H groups in total. The Kier molecular flexibility index (Phi) is 15.2. The monoisotopic (exact) mass is 1440 g/mol. The van der Waals surface area contributed by atoms with E-state index in [-0.39, 0.29) is 12.1 Å². The molecule has 0 atom stereocenters. The van der Waals surface area contributed by atoms with Gasteiger partial charge in [-0.15, -0.1) is 0 Å². The van der Waals surface area contributed by atoms with Crippen molar-refractivity contribution in [1.82, 2.24) is 13.7 Å². The summed E-state index contributed by atoms with van der Waals surface area (Å²) in [5, 5.41) is 7.28. The highest BCUT2D eigenvalue weighted by molar-refractivity contribution is 7.00. The van der Waals surface area contributed by atoms with E-state index in [9.17, 15) is 0 Å². The summed E-state index contributed by atoms with van der Waals surface area (Å²) in [6.07, 6.45) is 0. The first kappa shape index (κ1) is 65.7. The van der Waals surface area contributed by atoms with Crippen molar-refractivity contribution in [2.45, 2.75) is 26.2 Å². The van der Waals surface area contributed by atoms with Gasteiger partial charge in [-0.1, -0.05) is 300 Å². The molecule has 2 aliphatic rings. The molecule has 22 rings (SSSR count). The molecule has 17 aromatic carbocycles. The molecule has 0 radical (unpaired) electrons. The van der Waals surface area contributed by atoms with E-state index >= 15 is 0 Å². The Bertz CT molecular complexity index is 6880. The zero-order valence-electron chi connectivity index (χ0n) is 62.9. The molecule has 3 aromatic heterocycles. The molecule has 2 aliphatic heterocycles. The molecule has 7 heteroatoms. The molecule has 113 heavy (non-hydrogen) atoms. The Morgan fingerprint density at radius 2 is 0.549 bits per heavy atom. The summed E-state index contributed by atoms with van der Waals surface area (Å²) in [5.74, 6) is 0. The maximum absolute atomic E-state index is 2.72. The third kappa shape index (κ3) is 10.5. The lowest BCUT2D eigenvalue weighted by Gasteiger charge is -2.46. The first-order valence-electron chi connectivity index (χ1n) is 39.3. The predicted octanol–water partition coefficient (Wildman–Crippen LogP) is 26.5. The zero-order chi connectivity index (χ0) is 75.0. The van der Waals surface area contributed by atoms with Gasteiger partial charge in [-0.3, -0.25) is 0 Å². The van der Waals surface area contributed by atoms with Gasteiger partial charge in [0.2, 0.25) is 0 Å². The van der Waals surface area contributed by atoms with Gasteiger partial charge in [0.15, 0.2) is 0 Å². The Labute approximate surface area is 657 Å². The van der Waals surface area contributed by atoms with Crippen molar-refractivity contribution in [3.8, 4) is 61.6 Å². The molecule has 0 saturated carbocycles. The molecule has 5 heterocycles. The normalized spacial score (nSPS) is 12.5. The number of rotatable bonds is 12. The second-order valence-electron chi connectivity index (χ2n) is 31.1. The van der Waals surface area contributed by atoms with Crippen LogP contribution in [0.4, 0.5) is 51.2 Å². The molecule has 0 bridgehead atoms. The van der Waals surface area contributed by atoms with Crippen molar-refractivity contribution in [2.75, 3.05) is 14.7 Å². The van der Waals surface area contributed by atoms with E-state index in [1.807, 2.05) is 0 Å². The van der Waals surface area contributed by atoms with Gasteiger partial charge in [-0.2, -0.15) is 0 Å². The van der Waals surface area contributed by atoms with Crippen LogP contribution in [0.2, 0.25) is 0 Å². The summed E-state index contributed by atoms with van der Waals surface area (Å²) in [7, 11) is 0. The minimum atomic E-state index is -0.320. The molecule has 0 spiro atoms. The van der Waals surface area contributed by atoms with E-state index in [0.29, 0.717) is 0 Å². The minimum Gasteiger partial charge on any atom is -0.310 e. The van der Waals surface area contributed by atoms with Crippen LogP contribution in [0, 0.1) is 0 Å². The van der Waals surface area contributed by atoms with Crippen LogP contribution in [-0.4, -0.2) is 20.4 Å². The number of nitrogens with zero attached hydrogens (tertiary/aromatic N) is 6. The largest absolute Gasteiger partial charge is 0.310 e. The van der Waals surface area contributed by atoms with Crippen molar-refractivity contribution in [3.05, 3.63) is 406 Å². The van der Waals surface area contributed by atoms with Crippen LogP contribution in [0.15, 0.2) is 400 Å². The molecule has 0 unspecified atom stereocenters. The summed E-state index contributed by atoms with van der Waals surface area (Å²) in [5.41, 5.74) is 33.3. The van der Waals surface area contributed by atoms with E-state index in [2.05, 4.69) is 450 Å². The topological polar surface area (TPSA) is 24.5 Å². The van der Waals surface area contributed by atoms with E-state index in [4.69, 9.17) is 0 Å². The molecule has 6 nitrogen and oxygen atoms in total. The highest BCUT2D eigenvalue weighted by Gasteiger charge is 2.46. The fourth-order valence-corrected chi connectivity index (χ4v) is 18.7. The van der Waals surface area contributed by atoms with Gasteiger partial charge >= 0.3 is 0 Å². The number of aromatic nitrogens is 3. The van der Waals surface area contributed by atoms with Crippen LogP contribution in [0.1, 0.15) is 26.3 Å². The van der Waals surface area contributed by atoms with Crippen molar-refractivity contribution < 1.29 is 0 Å². The number of hydrogen-bond acceptors (Lipinski definition) is 3. The second-order valence-corrected chi connectivity index (χ2v) is 31.1. The lowest BCUT2D eigenvalue weighted by atomic mass is 9.33. The minimum absolute atomic E-state index is 0.228. The number of anilines is 9. The van der Waals surface area contributed by atoms with Gasteiger partial charge in [0.1, 0.15) is 0 Å². The Morgan fingerprint density at radius 3 is 0.965 bits per heavy atom. The van der Waals surface area contributed by atoms with Gasteiger partial charge < -0.3 is 28.4 Å². The summed E-state index contributed by atoms with van der Waals surface area (Å²) in [6.45, 7) is 6.74.